The molecule has 1 atom stereocenters. The number of hydrogen-bond donors (Lipinski definition) is 2. The zero-order valence-corrected chi connectivity index (χ0v) is 14.1. The van der Waals surface area contributed by atoms with Crippen molar-refractivity contribution in [2.75, 3.05) is 0 Å². The second-order valence-corrected chi connectivity index (χ2v) is 6.19. The molecule has 0 bridgehead atoms. The highest BCUT2D eigenvalue weighted by molar-refractivity contribution is 9.10. The lowest BCUT2D eigenvalue weighted by molar-refractivity contribution is -0.141. The van der Waals surface area contributed by atoms with Gasteiger partial charge in [0.2, 0.25) is 5.91 Å². The fraction of sp³-hybridized carbons (Fsp3) is 0.222. The fourth-order valence-corrected chi connectivity index (χ4v) is 2.72. The van der Waals surface area contributed by atoms with E-state index >= 15 is 0 Å². The van der Waals surface area contributed by atoms with E-state index in [0.717, 1.165) is 15.6 Å². The molecule has 0 unspecified atom stereocenters. The van der Waals surface area contributed by atoms with Crippen molar-refractivity contribution in [1.82, 2.24) is 5.32 Å². The van der Waals surface area contributed by atoms with Crippen LogP contribution in [0.5, 0.6) is 0 Å². The van der Waals surface area contributed by atoms with Gasteiger partial charge < -0.3 is 10.4 Å². The number of carboxylic acids is 1. The van der Waals surface area contributed by atoms with E-state index in [-0.39, 0.29) is 18.7 Å². The van der Waals surface area contributed by atoms with Gasteiger partial charge in [-0.2, -0.15) is 0 Å². The monoisotopic (exact) mass is 375 g/mol. The number of carboxylic acid groups (broad SMARTS) is 1. The molecule has 4 nitrogen and oxygen atoms in total. The normalized spacial score (nSPS) is 11.7. The first-order valence-electron chi connectivity index (χ1n) is 7.35. The third-order valence-electron chi connectivity index (χ3n) is 3.45. The molecule has 0 aliphatic heterocycles. The third-order valence-corrected chi connectivity index (χ3v) is 3.94. The number of hydrogen-bond acceptors (Lipinski definition) is 2. The Morgan fingerprint density at radius 1 is 1.04 bits per heavy atom. The second-order valence-electron chi connectivity index (χ2n) is 5.28. The summed E-state index contributed by atoms with van der Waals surface area (Å²) in [7, 11) is 0. The molecule has 2 aromatic rings. The van der Waals surface area contributed by atoms with Crippen LogP contribution in [-0.2, 0) is 22.4 Å². The molecule has 120 valence electrons. The molecule has 5 heteroatoms. The number of aliphatic carboxylic acids is 1. The number of carbonyl (C=O) groups is 2. The van der Waals surface area contributed by atoms with Gasteiger partial charge in [0.25, 0.3) is 0 Å². The van der Waals surface area contributed by atoms with Gasteiger partial charge in [-0.05, 0) is 29.7 Å². The zero-order valence-electron chi connectivity index (χ0n) is 12.5. The summed E-state index contributed by atoms with van der Waals surface area (Å²) in [6.07, 6.45) is 1.12. The Morgan fingerprint density at radius 2 is 1.74 bits per heavy atom. The van der Waals surface area contributed by atoms with Crippen LogP contribution in [0.2, 0.25) is 0 Å². The van der Waals surface area contributed by atoms with E-state index in [4.69, 9.17) is 0 Å². The number of nitrogens with one attached hydrogen (secondary N) is 1. The highest BCUT2D eigenvalue weighted by Crippen LogP contribution is 2.13. The summed E-state index contributed by atoms with van der Waals surface area (Å²) in [5, 5.41) is 11.9. The summed E-state index contributed by atoms with van der Waals surface area (Å²) >= 11 is 3.36. The van der Waals surface area contributed by atoms with E-state index in [1.807, 2.05) is 54.6 Å². The van der Waals surface area contributed by atoms with Crippen molar-refractivity contribution in [2.24, 2.45) is 0 Å². The molecule has 23 heavy (non-hydrogen) atoms. The highest BCUT2D eigenvalue weighted by atomic mass is 79.9. The molecule has 2 N–H and O–H groups in total. The lowest BCUT2D eigenvalue weighted by atomic mass is 10.1. The molecular formula is C18H18BrNO3. The third kappa shape index (κ3) is 5.87. The van der Waals surface area contributed by atoms with Crippen LogP contribution >= 0.6 is 15.9 Å². The van der Waals surface area contributed by atoms with Gasteiger partial charge in [-0.3, -0.25) is 4.79 Å². The first-order chi connectivity index (χ1) is 11.0. The maximum atomic E-state index is 12.0. The van der Waals surface area contributed by atoms with Crippen LogP contribution in [0.3, 0.4) is 0 Å². The summed E-state index contributed by atoms with van der Waals surface area (Å²) in [6, 6.07) is 16.1. The Bertz CT molecular complexity index is 673. The molecule has 0 aromatic heterocycles. The molecule has 0 spiro atoms. The van der Waals surface area contributed by atoms with Gasteiger partial charge in [0.05, 0.1) is 0 Å². The topological polar surface area (TPSA) is 66.4 Å². The van der Waals surface area contributed by atoms with Crippen molar-refractivity contribution in [2.45, 2.75) is 25.3 Å². The fourth-order valence-electron chi connectivity index (χ4n) is 2.27. The lowest BCUT2D eigenvalue weighted by Crippen LogP contribution is -2.42. The van der Waals surface area contributed by atoms with Crippen molar-refractivity contribution >= 4 is 27.8 Å². The van der Waals surface area contributed by atoms with Crippen molar-refractivity contribution in [3.05, 3.63) is 70.2 Å². The van der Waals surface area contributed by atoms with Gasteiger partial charge in [-0.1, -0.05) is 58.4 Å². The molecule has 2 rings (SSSR count). The molecule has 0 radical (unpaired) electrons. The summed E-state index contributed by atoms with van der Waals surface area (Å²) < 4.78 is 0.884. The van der Waals surface area contributed by atoms with Gasteiger partial charge in [-0.25, -0.2) is 4.79 Å². The van der Waals surface area contributed by atoms with Crippen molar-refractivity contribution in [1.29, 1.82) is 0 Å². The first kappa shape index (κ1) is 17.2. The van der Waals surface area contributed by atoms with E-state index in [0.29, 0.717) is 6.42 Å². The van der Waals surface area contributed by atoms with Crippen LogP contribution in [0, 0.1) is 0 Å². The molecule has 0 aliphatic rings. The smallest absolute Gasteiger partial charge is 0.326 e. The van der Waals surface area contributed by atoms with Gasteiger partial charge in [0, 0.05) is 17.3 Å². The minimum Gasteiger partial charge on any atom is -0.480 e. The summed E-state index contributed by atoms with van der Waals surface area (Å²) in [5.41, 5.74) is 1.91. The van der Waals surface area contributed by atoms with Crippen LogP contribution in [0.15, 0.2) is 59.1 Å². The molecule has 0 saturated heterocycles. The second kappa shape index (κ2) is 8.48. The Morgan fingerprint density at radius 3 is 2.39 bits per heavy atom. The Hall–Kier alpha value is -2.14. The van der Waals surface area contributed by atoms with Crippen LogP contribution in [0.25, 0.3) is 0 Å². The Kier molecular flexibility index (Phi) is 6.35. The number of halogens is 1. The number of amides is 1. The van der Waals surface area contributed by atoms with E-state index in [1.165, 1.54) is 0 Å². The molecule has 0 fully saturated rings. The molecule has 1 amide bonds. The maximum absolute atomic E-state index is 12.0. The van der Waals surface area contributed by atoms with Gasteiger partial charge in [-0.15, -0.1) is 0 Å². The summed E-state index contributed by atoms with van der Waals surface area (Å²) in [5.74, 6) is -1.28. The number of carbonyl (C=O) groups excluding carboxylic acids is 1. The van der Waals surface area contributed by atoms with E-state index in [1.54, 1.807) is 0 Å². The predicted molar refractivity (Wildman–Crippen MR) is 92.2 cm³/mol. The largest absolute Gasteiger partial charge is 0.480 e. The van der Waals surface area contributed by atoms with E-state index in [2.05, 4.69) is 21.2 Å². The predicted octanol–water partition coefficient (Wildman–Crippen LogP) is 3.19. The molecule has 0 saturated carbocycles. The summed E-state index contributed by atoms with van der Waals surface area (Å²) in [4.78, 5) is 23.4. The SMILES string of the molecule is O=C(CCc1ccccc1)N[C@@H](Cc1cccc(Br)c1)C(=O)O. The van der Waals surface area contributed by atoms with Gasteiger partial charge in [0.15, 0.2) is 0 Å². The minimum absolute atomic E-state index is 0.253. The van der Waals surface area contributed by atoms with Crippen LogP contribution in [-0.4, -0.2) is 23.0 Å². The first-order valence-corrected chi connectivity index (χ1v) is 8.14. The van der Waals surface area contributed by atoms with Crippen molar-refractivity contribution in [3.8, 4) is 0 Å². The highest BCUT2D eigenvalue weighted by Gasteiger charge is 2.20. The van der Waals surface area contributed by atoms with E-state index in [9.17, 15) is 14.7 Å². The number of aryl methyl sites for hydroxylation is 1. The van der Waals surface area contributed by atoms with Gasteiger partial charge in [0.1, 0.15) is 6.04 Å². The lowest BCUT2D eigenvalue weighted by Gasteiger charge is -2.15. The zero-order chi connectivity index (χ0) is 16.7. The van der Waals surface area contributed by atoms with Gasteiger partial charge >= 0.3 is 5.97 Å². The average Bonchev–Trinajstić information content (AvgIpc) is 2.53. The van der Waals surface area contributed by atoms with Crippen molar-refractivity contribution < 1.29 is 14.7 Å². The molecule has 0 aliphatic carbocycles. The Balaban J connectivity index is 1.91. The maximum Gasteiger partial charge on any atom is 0.326 e. The molecular weight excluding hydrogens is 358 g/mol. The van der Waals surface area contributed by atoms with Crippen molar-refractivity contribution in [3.63, 3.8) is 0 Å². The average molecular weight is 376 g/mol. The van der Waals surface area contributed by atoms with Crippen LogP contribution in [0.1, 0.15) is 17.5 Å². The number of benzene rings is 2. The molecule has 0 heterocycles. The Labute approximate surface area is 143 Å². The van der Waals surface area contributed by atoms with E-state index < -0.39 is 12.0 Å². The minimum atomic E-state index is -1.03. The number of rotatable bonds is 7. The quantitative estimate of drug-likeness (QED) is 0.780. The van der Waals surface area contributed by atoms with Crippen LogP contribution < -0.4 is 5.32 Å². The van der Waals surface area contributed by atoms with Crippen LogP contribution in [0.4, 0.5) is 0 Å². The standard InChI is InChI=1S/C18H18BrNO3/c19-15-8-4-7-14(11-15)12-16(18(22)23)20-17(21)10-9-13-5-2-1-3-6-13/h1-8,11,16H,9-10,12H2,(H,20,21)(H,22,23)/t16-/m0/s1. The molecule has 2 aromatic carbocycles. The summed E-state index contributed by atoms with van der Waals surface area (Å²) in [6.45, 7) is 0.